The molecule has 32 heavy (non-hydrogen) atoms. The van der Waals surface area contributed by atoms with Gasteiger partial charge in [-0.15, -0.1) is 0 Å². The highest BCUT2D eigenvalue weighted by molar-refractivity contribution is 7.80. The maximum absolute atomic E-state index is 12.8. The maximum atomic E-state index is 12.8. The van der Waals surface area contributed by atoms with E-state index >= 15 is 0 Å². The van der Waals surface area contributed by atoms with Crippen molar-refractivity contribution in [1.82, 2.24) is 5.32 Å². The van der Waals surface area contributed by atoms with Crippen LogP contribution in [0.2, 0.25) is 0 Å². The van der Waals surface area contributed by atoms with Crippen molar-refractivity contribution in [2.24, 2.45) is 0 Å². The van der Waals surface area contributed by atoms with Crippen LogP contribution in [0.1, 0.15) is 61.4 Å². The van der Waals surface area contributed by atoms with Crippen LogP contribution in [-0.4, -0.2) is 16.9 Å². The molecule has 0 heterocycles. The van der Waals surface area contributed by atoms with Crippen molar-refractivity contribution >= 4 is 40.5 Å². The molecular weight excluding hydrogens is 439 g/mol. The van der Waals surface area contributed by atoms with Crippen LogP contribution in [-0.2, 0) is 11.0 Å². The van der Waals surface area contributed by atoms with E-state index in [9.17, 15) is 22.8 Å². The molecule has 0 atom stereocenters. The van der Waals surface area contributed by atoms with E-state index < -0.39 is 17.6 Å². The van der Waals surface area contributed by atoms with Gasteiger partial charge in [-0.2, -0.15) is 13.2 Å². The van der Waals surface area contributed by atoms with Gasteiger partial charge in [-0.3, -0.25) is 9.59 Å². The van der Waals surface area contributed by atoms with E-state index in [1.54, 1.807) is 12.1 Å². The second-order valence-corrected chi connectivity index (χ2v) is 7.69. The molecule has 0 aliphatic heterocycles. The number of rotatable bonds is 9. The van der Waals surface area contributed by atoms with Crippen LogP contribution in [0, 0.1) is 0 Å². The first-order valence-corrected chi connectivity index (χ1v) is 10.8. The number of unbranched alkanes of at least 4 members (excludes halogenated alkanes) is 4. The Morgan fingerprint density at radius 1 is 0.906 bits per heavy atom. The number of benzene rings is 2. The van der Waals surface area contributed by atoms with Crippen molar-refractivity contribution in [3.05, 3.63) is 59.7 Å². The lowest BCUT2D eigenvalue weighted by molar-refractivity contribution is -0.137. The van der Waals surface area contributed by atoms with Gasteiger partial charge in [-0.1, -0.05) is 44.7 Å². The minimum Gasteiger partial charge on any atom is -0.332 e. The quantitative estimate of drug-likeness (QED) is 0.308. The third-order valence-corrected chi connectivity index (χ3v) is 4.79. The molecule has 0 spiro atoms. The summed E-state index contributed by atoms with van der Waals surface area (Å²) in [5.41, 5.74) is -0.130. The van der Waals surface area contributed by atoms with Crippen molar-refractivity contribution in [2.75, 3.05) is 10.6 Å². The van der Waals surface area contributed by atoms with Gasteiger partial charge in [0.05, 0.1) is 5.56 Å². The monoisotopic (exact) mass is 465 g/mol. The van der Waals surface area contributed by atoms with Crippen LogP contribution < -0.4 is 16.0 Å². The topological polar surface area (TPSA) is 70.2 Å². The summed E-state index contributed by atoms with van der Waals surface area (Å²) < 4.78 is 38.5. The second-order valence-electron chi connectivity index (χ2n) is 7.28. The first-order valence-electron chi connectivity index (χ1n) is 10.4. The van der Waals surface area contributed by atoms with E-state index in [0.717, 1.165) is 44.2 Å². The van der Waals surface area contributed by atoms with Crippen LogP contribution in [0.25, 0.3) is 0 Å². The van der Waals surface area contributed by atoms with Gasteiger partial charge in [0.25, 0.3) is 5.91 Å². The average molecular weight is 466 g/mol. The van der Waals surface area contributed by atoms with Gasteiger partial charge in [-0.05, 0) is 55.0 Å². The predicted octanol–water partition coefficient (Wildman–Crippen LogP) is 6.13. The Hall–Kier alpha value is -2.94. The number of anilines is 2. The summed E-state index contributed by atoms with van der Waals surface area (Å²) in [5.74, 6) is -0.757. The maximum Gasteiger partial charge on any atom is 0.416 e. The van der Waals surface area contributed by atoms with E-state index in [1.165, 1.54) is 24.3 Å². The third-order valence-electron chi connectivity index (χ3n) is 4.59. The summed E-state index contributed by atoms with van der Waals surface area (Å²) in [6.07, 6.45) is 1.05. The van der Waals surface area contributed by atoms with Gasteiger partial charge in [0.1, 0.15) is 0 Å². The van der Waals surface area contributed by atoms with E-state index in [4.69, 9.17) is 12.2 Å². The third kappa shape index (κ3) is 8.66. The molecule has 0 aromatic heterocycles. The molecule has 2 amide bonds. The predicted molar refractivity (Wildman–Crippen MR) is 124 cm³/mol. The lowest BCUT2D eigenvalue weighted by Gasteiger charge is -2.12. The fourth-order valence-electron chi connectivity index (χ4n) is 2.96. The van der Waals surface area contributed by atoms with E-state index in [2.05, 4.69) is 22.9 Å². The van der Waals surface area contributed by atoms with Gasteiger partial charge in [0.2, 0.25) is 5.91 Å². The van der Waals surface area contributed by atoms with Crippen molar-refractivity contribution in [3.63, 3.8) is 0 Å². The molecule has 9 heteroatoms. The molecule has 0 aliphatic rings. The van der Waals surface area contributed by atoms with Crippen LogP contribution >= 0.6 is 12.2 Å². The van der Waals surface area contributed by atoms with Gasteiger partial charge in [-0.25, -0.2) is 0 Å². The summed E-state index contributed by atoms with van der Waals surface area (Å²) in [6, 6.07) is 10.7. The summed E-state index contributed by atoms with van der Waals surface area (Å²) in [5, 5.41) is 8.01. The molecule has 0 saturated heterocycles. The average Bonchev–Trinajstić information content (AvgIpc) is 2.73. The molecule has 2 rings (SSSR count). The minimum atomic E-state index is -4.50. The van der Waals surface area contributed by atoms with Gasteiger partial charge in [0, 0.05) is 23.4 Å². The van der Waals surface area contributed by atoms with Crippen molar-refractivity contribution in [1.29, 1.82) is 0 Å². The number of hydrogen-bond donors (Lipinski definition) is 3. The summed E-state index contributed by atoms with van der Waals surface area (Å²) >= 11 is 5.15. The number of amides is 2. The standard InChI is InChI=1S/C23H26F3N3O2S/c1-2-3-4-5-6-13-20(30)29-22(32)28-18-11-7-9-16(14-18)21(31)27-19-12-8-10-17(15-19)23(24,25)26/h7-12,14-15H,2-6,13H2,1H3,(H,27,31)(H2,28,29,30,32). The second kappa shape index (κ2) is 12.2. The van der Waals surface area contributed by atoms with Crippen LogP contribution in [0.15, 0.2) is 48.5 Å². The molecule has 3 N–H and O–H groups in total. The minimum absolute atomic E-state index is 0.0323. The molecule has 172 valence electrons. The van der Waals surface area contributed by atoms with Gasteiger partial charge >= 0.3 is 6.18 Å². The Morgan fingerprint density at radius 3 is 2.25 bits per heavy atom. The fourth-order valence-corrected chi connectivity index (χ4v) is 3.19. The summed E-state index contributed by atoms with van der Waals surface area (Å²) in [6.45, 7) is 2.13. The normalized spacial score (nSPS) is 11.0. The highest BCUT2D eigenvalue weighted by Crippen LogP contribution is 2.30. The van der Waals surface area contributed by atoms with E-state index in [-0.39, 0.29) is 22.3 Å². The largest absolute Gasteiger partial charge is 0.416 e. The fraction of sp³-hybridized carbons (Fsp3) is 0.348. The Labute approximate surface area is 190 Å². The van der Waals surface area contributed by atoms with Crippen LogP contribution in [0.5, 0.6) is 0 Å². The van der Waals surface area contributed by atoms with E-state index in [0.29, 0.717) is 12.1 Å². The Bertz CT molecular complexity index is 948. The van der Waals surface area contributed by atoms with Gasteiger partial charge in [0.15, 0.2) is 5.11 Å². The molecule has 0 saturated carbocycles. The van der Waals surface area contributed by atoms with Gasteiger partial charge < -0.3 is 16.0 Å². The Kier molecular flexibility index (Phi) is 9.64. The zero-order chi connectivity index (χ0) is 23.6. The SMILES string of the molecule is CCCCCCCC(=O)NC(=S)Nc1cccc(C(=O)Nc2cccc(C(F)(F)F)c2)c1. The zero-order valence-electron chi connectivity index (χ0n) is 17.7. The molecule has 5 nitrogen and oxygen atoms in total. The molecule has 0 radical (unpaired) electrons. The Balaban J connectivity index is 1.90. The van der Waals surface area contributed by atoms with Crippen molar-refractivity contribution in [2.45, 2.75) is 51.6 Å². The lowest BCUT2D eigenvalue weighted by Crippen LogP contribution is -2.34. The molecule has 0 aliphatic carbocycles. The highest BCUT2D eigenvalue weighted by Gasteiger charge is 2.30. The Morgan fingerprint density at radius 2 is 1.56 bits per heavy atom. The van der Waals surface area contributed by atoms with E-state index in [1.807, 2.05) is 0 Å². The summed E-state index contributed by atoms with van der Waals surface area (Å²) in [4.78, 5) is 24.4. The summed E-state index contributed by atoms with van der Waals surface area (Å²) in [7, 11) is 0. The van der Waals surface area contributed by atoms with Crippen molar-refractivity contribution in [3.8, 4) is 0 Å². The number of carbonyl (C=O) groups is 2. The molecule has 0 unspecified atom stereocenters. The number of halogens is 3. The van der Waals surface area contributed by atoms with Crippen LogP contribution in [0.4, 0.5) is 24.5 Å². The van der Waals surface area contributed by atoms with Crippen LogP contribution in [0.3, 0.4) is 0 Å². The zero-order valence-corrected chi connectivity index (χ0v) is 18.5. The number of alkyl halides is 3. The number of hydrogen-bond acceptors (Lipinski definition) is 3. The molecular formula is C23H26F3N3O2S. The first-order chi connectivity index (χ1) is 15.2. The smallest absolute Gasteiger partial charge is 0.332 e. The number of carbonyl (C=O) groups excluding carboxylic acids is 2. The number of thiocarbonyl (C=S) groups is 1. The first kappa shape index (κ1) is 25.3. The molecule has 2 aromatic carbocycles. The molecule has 0 bridgehead atoms. The van der Waals surface area contributed by atoms with Crippen molar-refractivity contribution < 1.29 is 22.8 Å². The molecule has 0 fully saturated rings. The molecule has 2 aromatic rings. The number of nitrogens with one attached hydrogen (secondary N) is 3. The lowest BCUT2D eigenvalue weighted by atomic mass is 10.1. The highest BCUT2D eigenvalue weighted by atomic mass is 32.1.